The fourth-order valence-electron chi connectivity index (χ4n) is 2.93. The maximum Gasteiger partial charge on any atom is 0.191 e. The Morgan fingerprint density at radius 1 is 1.33 bits per heavy atom. The largest absolute Gasteiger partial charge is 0.497 e. The lowest BCUT2D eigenvalue weighted by atomic mass is 9.81. The zero-order valence-corrected chi connectivity index (χ0v) is 19.2. The van der Waals surface area contributed by atoms with Crippen LogP contribution in [0.2, 0.25) is 5.02 Å². The number of hydrogen-bond donors (Lipinski definition) is 3. The van der Waals surface area contributed by atoms with E-state index in [1.807, 2.05) is 25.1 Å². The molecule has 6 nitrogen and oxygen atoms in total. The monoisotopic (exact) mass is 511 g/mol. The standard InChI is InChI=1S/C19H30ClN3O3.HI/c1-3-21-18(23-13-19(14-24)7-10-26-11-8-19)22-9-6-15-4-5-16(25-2)12-17(15)20;/h4-5,12,24H,3,6-11,13-14H2,1-2H3,(H2,21,22,23);1H. The minimum absolute atomic E-state index is 0. The molecule has 0 spiro atoms. The summed E-state index contributed by atoms with van der Waals surface area (Å²) in [5.74, 6) is 1.52. The normalized spacial score (nSPS) is 16.4. The number of benzene rings is 1. The predicted octanol–water partition coefficient (Wildman–Crippen LogP) is 2.85. The van der Waals surface area contributed by atoms with Crippen molar-refractivity contribution in [3.63, 3.8) is 0 Å². The summed E-state index contributed by atoms with van der Waals surface area (Å²) >= 11 is 6.29. The highest BCUT2D eigenvalue weighted by molar-refractivity contribution is 14.0. The molecule has 1 aliphatic rings. The molecule has 1 fully saturated rings. The van der Waals surface area contributed by atoms with Crippen LogP contribution >= 0.6 is 35.6 Å². The van der Waals surface area contributed by atoms with Gasteiger partial charge in [-0.25, -0.2) is 0 Å². The highest BCUT2D eigenvalue weighted by atomic mass is 127. The molecule has 8 heteroatoms. The summed E-state index contributed by atoms with van der Waals surface area (Å²) in [5.41, 5.74) is 0.895. The number of halogens is 2. The molecule has 27 heavy (non-hydrogen) atoms. The molecule has 1 heterocycles. The lowest BCUT2D eigenvalue weighted by Gasteiger charge is -2.34. The van der Waals surface area contributed by atoms with Gasteiger partial charge in [-0.05, 0) is 43.9 Å². The summed E-state index contributed by atoms with van der Waals surface area (Å²) < 4.78 is 10.6. The molecule has 3 N–H and O–H groups in total. The van der Waals surface area contributed by atoms with Crippen LogP contribution in [0.5, 0.6) is 5.75 Å². The number of ether oxygens (including phenoxy) is 2. The van der Waals surface area contributed by atoms with Crippen LogP contribution < -0.4 is 15.4 Å². The van der Waals surface area contributed by atoms with Crippen molar-refractivity contribution in [1.82, 2.24) is 10.6 Å². The zero-order valence-electron chi connectivity index (χ0n) is 16.1. The Labute approximate surface area is 184 Å². The molecule has 0 atom stereocenters. The van der Waals surface area contributed by atoms with Crippen LogP contribution in [-0.4, -0.2) is 57.6 Å². The van der Waals surface area contributed by atoms with E-state index in [4.69, 9.17) is 21.1 Å². The molecular formula is C19H31ClIN3O3. The van der Waals surface area contributed by atoms with Crippen molar-refractivity contribution < 1.29 is 14.6 Å². The van der Waals surface area contributed by atoms with Gasteiger partial charge in [0.2, 0.25) is 0 Å². The van der Waals surface area contributed by atoms with Gasteiger partial charge in [0.05, 0.1) is 20.3 Å². The Kier molecular flexibility index (Phi) is 11.4. The van der Waals surface area contributed by atoms with Crippen LogP contribution in [0.4, 0.5) is 0 Å². The number of hydrogen-bond acceptors (Lipinski definition) is 4. The third-order valence-corrected chi connectivity index (χ3v) is 5.10. The first-order valence-electron chi connectivity index (χ1n) is 9.15. The Balaban J connectivity index is 0.00000364. The highest BCUT2D eigenvalue weighted by Crippen LogP contribution is 2.30. The number of methoxy groups -OCH3 is 1. The summed E-state index contributed by atoms with van der Waals surface area (Å²) in [6.45, 7) is 5.64. The van der Waals surface area contributed by atoms with Crippen molar-refractivity contribution in [2.24, 2.45) is 10.4 Å². The van der Waals surface area contributed by atoms with Crippen LogP contribution in [0.25, 0.3) is 0 Å². The van der Waals surface area contributed by atoms with E-state index in [-0.39, 0.29) is 36.0 Å². The third-order valence-electron chi connectivity index (χ3n) is 4.75. The minimum atomic E-state index is -0.167. The lowest BCUT2D eigenvalue weighted by molar-refractivity contribution is -0.0106. The number of aliphatic imine (C=N–C) groups is 1. The maximum absolute atomic E-state index is 9.79. The van der Waals surface area contributed by atoms with Gasteiger partial charge >= 0.3 is 0 Å². The van der Waals surface area contributed by atoms with Gasteiger partial charge in [-0.1, -0.05) is 17.7 Å². The van der Waals surface area contributed by atoms with Crippen molar-refractivity contribution in [2.45, 2.75) is 26.2 Å². The van der Waals surface area contributed by atoms with Gasteiger partial charge in [0.25, 0.3) is 0 Å². The summed E-state index contributed by atoms with van der Waals surface area (Å²) in [7, 11) is 1.63. The first-order chi connectivity index (χ1) is 12.6. The summed E-state index contributed by atoms with van der Waals surface area (Å²) in [6, 6.07) is 5.72. The molecule has 0 bridgehead atoms. The molecule has 0 amide bonds. The van der Waals surface area contributed by atoms with Gasteiger partial charge in [-0.3, -0.25) is 4.99 Å². The fourth-order valence-corrected chi connectivity index (χ4v) is 3.20. The third kappa shape index (κ3) is 7.63. The number of rotatable bonds is 8. The van der Waals surface area contributed by atoms with Gasteiger partial charge in [0.1, 0.15) is 5.75 Å². The molecule has 1 aliphatic heterocycles. The van der Waals surface area contributed by atoms with E-state index in [0.717, 1.165) is 43.1 Å². The van der Waals surface area contributed by atoms with Gasteiger partial charge in [0.15, 0.2) is 5.96 Å². The van der Waals surface area contributed by atoms with Crippen LogP contribution in [0, 0.1) is 5.41 Å². The predicted molar refractivity (Wildman–Crippen MR) is 121 cm³/mol. The van der Waals surface area contributed by atoms with E-state index in [0.29, 0.717) is 31.3 Å². The molecule has 154 valence electrons. The van der Waals surface area contributed by atoms with Crippen molar-refractivity contribution >= 4 is 41.5 Å². The average Bonchev–Trinajstić information content (AvgIpc) is 2.68. The fraction of sp³-hybridized carbons (Fsp3) is 0.632. The quantitative estimate of drug-likeness (QED) is 0.284. The second-order valence-corrected chi connectivity index (χ2v) is 7.01. The Hall–Kier alpha value is -0.770. The molecule has 0 saturated carbocycles. The van der Waals surface area contributed by atoms with E-state index in [2.05, 4.69) is 15.6 Å². The summed E-state index contributed by atoms with van der Waals surface area (Å²) in [4.78, 5) is 4.69. The minimum Gasteiger partial charge on any atom is -0.497 e. The van der Waals surface area contributed by atoms with Crippen LogP contribution in [0.1, 0.15) is 25.3 Å². The van der Waals surface area contributed by atoms with E-state index >= 15 is 0 Å². The maximum atomic E-state index is 9.79. The Morgan fingerprint density at radius 3 is 2.67 bits per heavy atom. The zero-order chi connectivity index (χ0) is 18.8. The van der Waals surface area contributed by atoms with E-state index < -0.39 is 0 Å². The second kappa shape index (κ2) is 12.6. The van der Waals surface area contributed by atoms with E-state index in [1.165, 1.54) is 0 Å². The molecular weight excluding hydrogens is 481 g/mol. The smallest absolute Gasteiger partial charge is 0.191 e. The summed E-state index contributed by atoms with van der Waals surface area (Å²) in [6.07, 6.45) is 2.47. The molecule has 1 aromatic carbocycles. The molecule has 0 unspecified atom stereocenters. The van der Waals surface area contributed by atoms with Crippen molar-refractivity contribution in [2.75, 3.05) is 46.6 Å². The Morgan fingerprint density at radius 2 is 2.07 bits per heavy atom. The van der Waals surface area contributed by atoms with E-state index in [1.54, 1.807) is 7.11 Å². The first-order valence-corrected chi connectivity index (χ1v) is 9.53. The van der Waals surface area contributed by atoms with Gasteiger partial charge in [-0.2, -0.15) is 0 Å². The van der Waals surface area contributed by atoms with Gasteiger partial charge in [0, 0.05) is 36.7 Å². The van der Waals surface area contributed by atoms with Crippen molar-refractivity contribution in [3.8, 4) is 5.75 Å². The molecule has 0 aliphatic carbocycles. The Bertz CT molecular complexity index is 596. The van der Waals surface area contributed by atoms with Gasteiger partial charge < -0.3 is 25.2 Å². The average molecular weight is 512 g/mol. The molecule has 1 aromatic rings. The summed E-state index contributed by atoms with van der Waals surface area (Å²) in [5, 5.41) is 17.1. The van der Waals surface area contributed by atoms with Crippen LogP contribution in [0.3, 0.4) is 0 Å². The number of guanidine groups is 1. The molecule has 1 saturated heterocycles. The second-order valence-electron chi connectivity index (χ2n) is 6.60. The number of aliphatic hydroxyl groups excluding tert-OH is 1. The number of aliphatic hydroxyl groups is 1. The number of nitrogens with one attached hydrogen (secondary N) is 2. The number of nitrogens with zero attached hydrogens (tertiary/aromatic N) is 1. The molecule has 0 radical (unpaired) electrons. The van der Waals surface area contributed by atoms with Crippen molar-refractivity contribution in [1.29, 1.82) is 0 Å². The SMILES string of the molecule is CCNC(=NCC1(CO)CCOCC1)NCCc1ccc(OC)cc1Cl.I. The highest BCUT2D eigenvalue weighted by Gasteiger charge is 2.31. The van der Waals surface area contributed by atoms with Gasteiger partial charge in [-0.15, -0.1) is 24.0 Å². The van der Waals surface area contributed by atoms with Crippen molar-refractivity contribution in [3.05, 3.63) is 28.8 Å². The van der Waals surface area contributed by atoms with Crippen LogP contribution in [0.15, 0.2) is 23.2 Å². The topological polar surface area (TPSA) is 75.1 Å². The molecule has 0 aromatic heterocycles. The van der Waals surface area contributed by atoms with Crippen LogP contribution in [-0.2, 0) is 11.2 Å². The van der Waals surface area contributed by atoms with E-state index in [9.17, 15) is 5.11 Å². The first kappa shape index (κ1) is 24.3. The molecule has 2 rings (SSSR count). The lowest BCUT2D eigenvalue weighted by Crippen LogP contribution is -2.41.